The minimum Gasteiger partial charge on any atom is -0.457 e. The standard InChI is InChI=1S/C18H17F2NO5S/c19-16-6-5-14(11-17(16)20)26-13-3-1-12(2-4-13)18(22)21-27(23,24)15-7-9-25-10-8-15/h1-6,11,15H,7-10H2,(H,21,22). The Balaban J connectivity index is 1.65. The summed E-state index contributed by atoms with van der Waals surface area (Å²) in [5.74, 6) is -2.40. The Bertz CT molecular complexity index is 925. The van der Waals surface area contributed by atoms with Gasteiger partial charge in [0.05, 0.1) is 5.25 Å². The van der Waals surface area contributed by atoms with Crippen LogP contribution in [0, 0.1) is 11.6 Å². The van der Waals surface area contributed by atoms with Gasteiger partial charge in [-0.2, -0.15) is 0 Å². The van der Waals surface area contributed by atoms with Crippen molar-refractivity contribution in [2.24, 2.45) is 0 Å². The first-order valence-corrected chi connectivity index (χ1v) is 9.76. The number of hydrogen-bond donors (Lipinski definition) is 1. The molecule has 1 amide bonds. The smallest absolute Gasteiger partial charge is 0.264 e. The second kappa shape index (κ2) is 8.01. The number of ether oxygens (including phenoxy) is 2. The summed E-state index contributed by atoms with van der Waals surface area (Å²) in [5, 5.41) is -0.661. The molecule has 0 spiro atoms. The number of amides is 1. The van der Waals surface area contributed by atoms with Gasteiger partial charge in [-0.3, -0.25) is 4.79 Å². The molecule has 0 atom stereocenters. The van der Waals surface area contributed by atoms with Crippen LogP contribution in [0.3, 0.4) is 0 Å². The van der Waals surface area contributed by atoms with Gasteiger partial charge >= 0.3 is 0 Å². The van der Waals surface area contributed by atoms with Crippen molar-refractivity contribution in [1.82, 2.24) is 4.72 Å². The molecule has 0 unspecified atom stereocenters. The van der Waals surface area contributed by atoms with Gasteiger partial charge in [-0.05, 0) is 49.2 Å². The van der Waals surface area contributed by atoms with Gasteiger partial charge in [-0.15, -0.1) is 0 Å². The van der Waals surface area contributed by atoms with E-state index in [0.29, 0.717) is 26.1 Å². The highest BCUT2D eigenvalue weighted by Gasteiger charge is 2.29. The molecule has 0 aliphatic carbocycles. The van der Waals surface area contributed by atoms with Crippen LogP contribution in [0.15, 0.2) is 42.5 Å². The molecule has 6 nitrogen and oxygen atoms in total. The fraction of sp³-hybridized carbons (Fsp3) is 0.278. The summed E-state index contributed by atoms with van der Waals surface area (Å²) >= 11 is 0. The molecule has 9 heteroatoms. The average molecular weight is 397 g/mol. The first kappa shape index (κ1) is 19.2. The lowest BCUT2D eigenvalue weighted by atomic mass is 10.2. The number of nitrogens with one attached hydrogen (secondary N) is 1. The summed E-state index contributed by atoms with van der Waals surface area (Å²) in [4.78, 5) is 12.2. The number of carbonyl (C=O) groups is 1. The zero-order chi connectivity index (χ0) is 19.4. The average Bonchev–Trinajstić information content (AvgIpc) is 2.66. The first-order chi connectivity index (χ1) is 12.8. The van der Waals surface area contributed by atoms with Gasteiger partial charge in [0.25, 0.3) is 5.91 Å². The van der Waals surface area contributed by atoms with Gasteiger partial charge in [0.2, 0.25) is 10.0 Å². The molecule has 1 saturated heterocycles. The molecule has 2 aromatic rings. The van der Waals surface area contributed by atoms with E-state index in [9.17, 15) is 22.0 Å². The summed E-state index contributed by atoms with van der Waals surface area (Å²) in [5.41, 5.74) is 0.128. The maximum absolute atomic E-state index is 13.2. The Labute approximate surface area is 155 Å². The van der Waals surface area contributed by atoms with Crippen molar-refractivity contribution in [2.45, 2.75) is 18.1 Å². The molecule has 1 N–H and O–H groups in total. The summed E-state index contributed by atoms with van der Waals surface area (Å²) in [7, 11) is -3.79. The maximum atomic E-state index is 13.2. The lowest BCUT2D eigenvalue weighted by molar-refractivity contribution is 0.0950. The van der Waals surface area contributed by atoms with E-state index in [0.717, 1.165) is 12.1 Å². The highest BCUT2D eigenvalue weighted by Crippen LogP contribution is 2.23. The Morgan fingerprint density at radius 2 is 1.63 bits per heavy atom. The molecule has 2 aromatic carbocycles. The van der Waals surface area contributed by atoms with Crippen LogP contribution in [-0.4, -0.2) is 32.8 Å². The number of sulfonamides is 1. The van der Waals surface area contributed by atoms with Crippen LogP contribution in [0.5, 0.6) is 11.5 Å². The van der Waals surface area contributed by atoms with Crippen LogP contribution < -0.4 is 9.46 Å². The predicted octanol–water partition coefficient (Wildman–Crippen LogP) is 3.00. The van der Waals surface area contributed by atoms with Crippen LogP contribution in [0.1, 0.15) is 23.2 Å². The molecule has 0 bridgehead atoms. The van der Waals surface area contributed by atoms with Crippen molar-refractivity contribution in [3.63, 3.8) is 0 Å². The van der Waals surface area contributed by atoms with Crippen molar-refractivity contribution >= 4 is 15.9 Å². The largest absolute Gasteiger partial charge is 0.457 e. The van der Waals surface area contributed by atoms with E-state index in [-0.39, 0.29) is 17.1 Å². The number of benzene rings is 2. The Morgan fingerprint density at radius 3 is 2.26 bits per heavy atom. The third-order valence-electron chi connectivity index (χ3n) is 4.09. The lowest BCUT2D eigenvalue weighted by Crippen LogP contribution is -2.41. The van der Waals surface area contributed by atoms with Crippen LogP contribution >= 0.6 is 0 Å². The summed E-state index contributed by atoms with van der Waals surface area (Å²) in [6.45, 7) is 0.686. The monoisotopic (exact) mass is 397 g/mol. The van der Waals surface area contributed by atoms with Crippen molar-refractivity contribution < 1.29 is 31.5 Å². The van der Waals surface area contributed by atoms with E-state index in [4.69, 9.17) is 9.47 Å². The Kier molecular flexibility index (Phi) is 5.71. The molecule has 0 aromatic heterocycles. The van der Waals surface area contributed by atoms with Crippen LogP contribution in [0.25, 0.3) is 0 Å². The number of hydrogen-bond acceptors (Lipinski definition) is 5. The molecule has 1 aliphatic heterocycles. The fourth-order valence-electron chi connectivity index (χ4n) is 2.61. The second-order valence-corrected chi connectivity index (χ2v) is 7.95. The third-order valence-corrected chi connectivity index (χ3v) is 5.90. The molecule has 0 saturated carbocycles. The summed E-state index contributed by atoms with van der Waals surface area (Å²) in [6, 6.07) is 8.71. The van der Waals surface area contributed by atoms with E-state index in [1.165, 1.54) is 30.3 Å². The van der Waals surface area contributed by atoms with Crippen molar-refractivity contribution in [2.75, 3.05) is 13.2 Å². The Morgan fingerprint density at radius 1 is 1.00 bits per heavy atom. The quantitative estimate of drug-likeness (QED) is 0.839. The number of halogens is 2. The zero-order valence-corrected chi connectivity index (χ0v) is 15.0. The molecule has 144 valence electrons. The van der Waals surface area contributed by atoms with Crippen molar-refractivity contribution in [1.29, 1.82) is 0 Å². The van der Waals surface area contributed by atoms with E-state index >= 15 is 0 Å². The fourth-order valence-corrected chi connectivity index (χ4v) is 3.96. The molecule has 1 aliphatic rings. The minimum absolute atomic E-state index is 0.0909. The molecule has 0 radical (unpaired) electrons. The molecular formula is C18H17F2NO5S. The van der Waals surface area contributed by atoms with Gasteiger partial charge in [-0.25, -0.2) is 21.9 Å². The first-order valence-electron chi connectivity index (χ1n) is 8.22. The highest BCUT2D eigenvalue weighted by molar-refractivity contribution is 7.90. The van der Waals surface area contributed by atoms with E-state index in [1.807, 2.05) is 0 Å². The molecule has 1 heterocycles. The maximum Gasteiger partial charge on any atom is 0.264 e. The van der Waals surface area contributed by atoms with Crippen LogP contribution in [0.2, 0.25) is 0 Å². The zero-order valence-electron chi connectivity index (χ0n) is 14.2. The van der Waals surface area contributed by atoms with Gasteiger partial charge in [0.15, 0.2) is 11.6 Å². The predicted molar refractivity (Wildman–Crippen MR) is 93.1 cm³/mol. The second-order valence-electron chi connectivity index (χ2n) is 5.99. The third kappa shape index (κ3) is 4.81. The summed E-state index contributed by atoms with van der Waals surface area (Å²) in [6.07, 6.45) is 0.674. The number of rotatable bonds is 5. The van der Waals surface area contributed by atoms with E-state index < -0.39 is 32.8 Å². The number of carbonyl (C=O) groups excluding carboxylic acids is 1. The molecule has 1 fully saturated rings. The van der Waals surface area contributed by atoms with Crippen molar-refractivity contribution in [3.8, 4) is 11.5 Å². The van der Waals surface area contributed by atoms with Gasteiger partial charge in [0, 0.05) is 24.8 Å². The minimum atomic E-state index is -3.79. The van der Waals surface area contributed by atoms with Gasteiger partial charge in [-0.1, -0.05) is 0 Å². The molecule has 3 rings (SSSR count). The topological polar surface area (TPSA) is 81.7 Å². The molecular weight excluding hydrogens is 380 g/mol. The van der Waals surface area contributed by atoms with Crippen LogP contribution in [0.4, 0.5) is 8.78 Å². The SMILES string of the molecule is O=C(NS(=O)(=O)C1CCOCC1)c1ccc(Oc2ccc(F)c(F)c2)cc1. The molecule has 27 heavy (non-hydrogen) atoms. The van der Waals surface area contributed by atoms with E-state index in [2.05, 4.69) is 4.72 Å². The van der Waals surface area contributed by atoms with Gasteiger partial charge in [0.1, 0.15) is 11.5 Å². The normalized spacial score (nSPS) is 15.3. The highest BCUT2D eigenvalue weighted by atomic mass is 32.2. The van der Waals surface area contributed by atoms with E-state index in [1.54, 1.807) is 0 Å². The van der Waals surface area contributed by atoms with Crippen LogP contribution in [-0.2, 0) is 14.8 Å². The lowest BCUT2D eigenvalue weighted by Gasteiger charge is -2.22. The summed E-state index contributed by atoms with van der Waals surface area (Å²) < 4.78 is 63.2. The van der Waals surface area contributed by atoms with Crippen molar-refractivity contribution in [3.05, 3.63) is 59.7 Å². The Hall–Kier alpha value is -2.52. The van der Waals surface area contributed by atoms with Gasteiger partial charge < -0.3 is 9.47 Å².